The summed E-state index contributed by atoms with van der Waals surface area (Å²) in [7, 11) is -2.92. The summed E-state index contributed by atoms with van der Waals surface area (Å²) in [5, 5.41) is 7.22. The minimum Gasteiger partial charge on any atom is -0.510 e. The molecule has 91 heavy (non-hydrogen) atoms. The second kappa shape index (κ2) is 22.2. The van der Waals surface area contributed by atoms with Gasteiger partial charge in [-0.25, -0.2) is 4.98 Å². The molecule has 4 heterocycles. The van der Waals surface area contributed by atoms with Crippen LogP contribution < -0.4 is 30.1 Å². The maximum atomic E-state index is 9.51. The van der Waals surface area contributed by atoms with Gasteiger partial charge in [0.15, 0.2) is 8.07 Å². The number of imidazole rings is 1. The van der Waals surface area contributed by atoms with E-state index in [0.29, 0.717) is 28.4 Å². The average molecular weight is 1380 g/mol. The number of nitrogens with zero attached hydrogens (tertiary/aromatic N) is 4. The molecule has 0 radical (unpaired) electrons. The molecule has 446 valence electrons. The number of rotatable bonds is 9. The van der Waals surface area contributed by atoms with Gasteiger partial charge < -0.3 is 13.9 Å². The van der Waals surface area contributed by atoms with Crippen molar-refractivity contribution in [1.29, 1.82) is 0 Å². The predicted molar refractivity (Wildman–Crippen MR) is 373 cm³/mol. The zero-order valence-corrected chi connectivity index (χ0v) is 55.1. The molecular weight excluding hydrogens is 1300 g/mol. The first kappa shape index (κ1) is 52.3. The summed E-state index contributed by atoms with van der Waals surface area (Å²) in [6.45, 7) is 16.1. The van der Waals surface area contributed by atoms with Gasteiger partial charge in [0.25, 0.3) is 6.33 Å². The third kappa shape index (κ3) is 9.51. The van der Waals surface area contributed by atoms with Gasteiger partial charge in [0.1, 0.15) is 5.82 Å². The maximum absolute atomic E-state index is 9.51. The van der Waals surface area contributed by atoms with E-state index in [-0.39, 0.29) is 55.0 Å². The topological polar surface area (TPSA) is 35.9 Å². The zero-order valence-electron chi connectivity index (χ0n) is 56.9. The van der Waals surface area contributed by atoms with E-state index in [1.807, 2.05) is 47.2 Å². The Bertz CT molecular complexity index is 5340. The zero-order chi connectivity index (χ0) is 65.4. The summed E-state index contributed by atoms with van der Waals surface area (Å²) in [6.07, 6.45) is 7.80. The van der Waals surface area contributed by atoms with Crippen molar-refractivity contribution in [3.05, 3.63) is 296 Å². The summed E-state index contributed by atoms with van der Waals surface area (Å²) >= 11 is 0. The van der Waals surface area contributed by atoms with E-state index < -0.39 is 26.2 Å². The van der Waals surface area contributed by atoms with E-state index in [0.717, 1.165) is 90.4 Å². The molecule has 0 unspecified atom stereocenters. The fraction of sp³-hybridized carbons (Fsp3) is 0.143. The van der Waals surface area contributed by atoms with E-state index in [4.69, 9.17) is 13.8 Å². The van der Waals surface area contributed by atoms with Gasteiger partial charge >= 0.3 is 0 Å². The number of fused-ring (bicyclic) bond motifs is 11. The Morgan fingerprint density at radius 3 is 1.75 bits per heavy atom. The molecule has 1 aliphatic carbocycles. The number of pyridine rings is 1. The van der Waals surface area contributed by atoms with Gasteiger partial charge in [-0.05, 0) is 146 Å². The minimum atomic E-state index is -2.92. The first-order valence-electron chi connectivity index (χ1n) is 33.7. The van der Waals surface area contributed by atoms with Crippen molar-refractivity contribution in [2.75, 3.05) is 0 Å². The van der Waals surface area contributed by atoms with E-state index in [2.05, 4.69) is 264 Å². The van der Waals surface area contributed by atoms with Gasteiger partial charge in [-0.15, -0.1) is 29.7 Å². The average Bonchev–Trinajstić information content (AvgIpc) is 1.81. The monoisotopic (exact) mass is 1380 g/mol. The molecule has 0 amide bonds. The molecule has 0 atom stereocenters. The fourth-order valence-electron chi connectivity index (χ4n) is 14.6. The first-order valence-corrected chi connectivity index (χ1v) is 33.2. The summed E-state index contributed by atoms with van der Waals surface area (Å²) in [5.41, 5.74) is 14.6. The fourth-order valence-corrected chi connectivity index (χ4v) is 19.4. The molecule has 0 saturated heterocycles. The van der Waals surface area contributed by atoms with Crippen LogP contribution in [0.25, 0.3) is 94.5 Å². The van der Waals surface area contributed by atoms with Crippen molar-refractivity contribution in [3.63, 3.8) is 0 Å². The van der Waals surface area contributed by atoms with Gasteiger partial charge in [0, 0.05) is 44.3 Å². The number of hydrogen-bond acceptors (Lipinski definition) is 2. The third-order valence-corrected chi connectivity index (χ3v) is 24.0. The molecule has 0 N–H and O–H groups in total. The molecule has 11 aromatic carbocycles. The molecule has 0 saturated carbocycles. The van der Waals surface area contributed by atoms with Gasteiger partial charge in [-0.2, -0.15) is 18.2 Å². The normalized spacial score (nSPS) is 14.6. The van der Waals surface area contributed by atoms with Crippen molar-refractivity contribution >= 4 is 61.7 Å². The van der Waals surface area contributed by atoms with E-state index in [1.165, 1.54) is 31.9 Å². The van der Waals surface area contributed by atoms with E-state index in [9.17, 15) is 2.74 Å². The van der Waals surface area contributed by atoms with Gasteiger partial charge in [0.05, 0.1) is 23.6 Å². The standard InChI is InChI=1S/C84H68N4OSi.Pt/c1-82(2,3)57-45-48-85-79(49-57)88-76-44-42-64(90(61-29-14-9-15-30-61,62-31-16-10-17-32-62)63-33-18-11-19-34-63)52-73(76)68-43-41-60(51-78(68)88)89-59-28-22-27-58(50-59)86-55-87-80-65(56-25-12-8-13-26-56)37-23-38-70(80)72-54-75-74(83(4,5)46-47-84(75,6)7)53-71(72)67-36-21-20-35-66(67)69-39-24-40-77(86)81(69)87;/h8-45,48-49,52-54H,46-47H2,1-7H3;/q-2;/i8D,12D,13D,25D,26D;. The van der Waals surface area contributed by atoms with Crippen LogP contribution in [0, 0.1) is 18.5 Å². The summed E-state index contributed by atoms with van der Waals surface area (Å²) in [6, 6.07) is 85.7. The van der Waals surface area contributed by atoms with Crippen LogP contribution in [-0.4, -0.2) is 22.2 Å². The number of hydrogen-bond donors (Lipinski definition) is 0. The Morgan fingerprint density at radius 2 is 1.09 bits per heavy atom. The molecule has 2 aliphatic rings. The Morgan fingerprint density at radius 1 is 0.516 bits per heavy atom. The number of benzene rings is 11. The largest absolute Gasteiger partial charge is 0.510 e. The predicted octanol–water partition coefficient (Wildman–Crippen LogP) is 17.6. The SMILES string of the molecule is [2H]c1c([2H])c([2H])c(-c2cccc3c2-[n+]2[c-]n(-c4[c-]c(Oc5[c-]c6c(cc5)c5cc([Si](c7ccccc7)(c7ccccc7)c7ccccc7)ccc5n6-c5cc(C(C)(C)C)ccn5)ccc4)c4cccc(c42)-c2ccccc2-c2cc4c(cc2-3)C(C)(C)CCC4(C)C)c([2H])c1[2H].[Pt]. The van der Waals surface area contributed by atoms with Crippen LogP contribution in [0.2, 0.25) is 0 Å². The van der Waals surface area contributed by atoms with Crippen LogP contribution in [0.15, 0.2) is 261 Å². The number of para-hydroxylation sites is 2. The van der Waals surface area contributed by atoms with E-state index >= 15 is 0 Å². The second-order valence-corrected chi connectivity index (χ2v) is 30.4. The molecule has 16 rings (SSSR count). The van der Waals surface area contributed by atoms with Crippen molar-refractivity contribution in [2.24, 2.45) is 0 Å². The van der Waals surface area contributed by atoms with Crippen molar-refractivity contribution < 1.29 is 37.2 Å². The van der Waals surface area contributed by atoms with Crippen molar-refractivity contribution in [2.45, 2.75) is 77.6 Å². The quantitative estimate of drug-likeness (QED) is 0.0625. The first-order chi connectivity index (χ1) is 45.8. The third-order valence-electron chi connectivity index (χ3n) is 19.3. The molecule has 14 aromatic rings. The number of ether oxygens (including phenoxy) is 1. The minimum absolute atomic E-state index is 0. The molecule has 0 spiro atoms. The van der Waals surface area contributed by atoms with E-state index in [1.54, 1.807) is 0 Å². The molecule has 0 bridgehead atoms. The molecule has 1 aliphatic heterocycles. The maximum Gasteiger partial charge on any atom is 0.268 e. The Kier molecular flexibility index (Phi) is 12.8. The van der Waals surface area contributed by atoms with Crippen LogP contribution in [0.3, 0.4) is 0 Å². The Labute approximate surface area is 556 Å². The van der Waals surface area contributed by atoms with Gasteiger partial charge in [0.2, 0.25) is 0 Å². The van der Waals surface area contributed by atoms with Crippen LogP contribution in [0.4, 0.5) is 0 Å². The molecule has 0 fully saturated rings. The smallest absolute Gasteiger partial charge is 0.268 e. The Balaban J connectivity index is 0.00000756. The summed E-state index contributed by atoms with van der Waals surface area (Å²) in [5.74, 6) is 1.72. The van der Waals surface area contributed by atoms with Gasteiger partial charge in [-0.3, -0.25) is 4.57 Å². The van der Waals surface area contributed by atoms with Crippen LogP contribution in [0.1, 0.15) is 84.9 Å². The van der Waals surface area contributed by atoms with Crippen LogP contribution >= 0.6 is 0 Å². The van der Waals surface area contributed by atoms with Crippen LogP contribution in [-0.2, 0) is 37.3 Å². The van der Waals surface area contributed by atoms with Gasteiger partial charge in [-0.1, -0.05) is 254 Å². The summed E-state index contributed by atoms with van der Waals surface area (Å²) < 4.78 is 58.9. The van der Waals surface area contributed by atoms with Crippen molar-refractivity contribution in [1.82, 2.24) is 14.1 Å². The van der Waals surface area contributed by atoms with Crippen LogP contribution in [0.5, 0.6) is 11.5 Å². The number of aromatic nitrogens is 4. The molecule has 7 heteroatoms. The molecule has 5 nitrogen and oxygen atoms in total. The van der Waals surface area contributed by atoms with Crippen molar-refractivity contribution in [3.8, 4) is 73.2 Å². The molecule has 3 aromatic heterocycles. The molecular formula is C84H68N4OPtSi-2. The second-order valence-electron chi connectivity index (χ2n) is 26.6. The summed E-state index contributed by atoms with van der Waals surface area (Å²) in [4.78, 5) is 5.09. The Hall–Kier alpha value is -9.45.